The molecule has 2 aromatic carbocycles. The molecule has 0 saturated heterocycles. The largest absolute Gasteiger partial charge is 0.452 e. The number of hydrogen-bond acceptors (Lipinski definition) is 6. The van der Waals surface area contributed by atoms with Crippen LogP contribution in [0.4, 0.5) is 8.78 Å². The van der Waals surface area contributed by atoms with E-state index in [1.807, 2.05) is 0 Å². The number of carbonyl (C=O) groups is 1. The number of ether oxygens (including phenoxy) is 2. The first kappa shape index (κ1) is 17.8. The second-order valence-electron chi connectivity index (χ2n) is 4.96. The highest BCUT2D eigenvalue weighted by Crippen LogP contribution is 2.26. The molecule has 0 spiro atoms. The van der Waals surface area contributed by atoms with Crippen LogP contribution in [0.3, 0.4) is 0 Å². The van der Waals surface area contributed by atoms with Crippen LogP contribution < -0.4 is 4.74 Å². The number of nitrogens with zero attached hydrogens (tertiary/aromatic N) is 2. The zero-order chi connectivity index (χ0) is 18.5. The number of halogens is 3. The Bertz CT molecular complexity index is 900. The van der Waals surface area contributed by atoms with E-state index in [4.69, 9.17) is 20.8 Å². The van der Waals surface area contributed by atoms with Crippen LogP contribution in [-0.4, -0.2) is 22.8 Å². The lowest BCUT2D eigenvalue weighted by Gasteiger charge is -2.05. The predicted octanol–water partition coefficient (Wildman–Crippen LogP) is 4.35. The van der Waals surface area contributed by atoms with Gasteiger partial charge in [-0.3, -0.25) is 0 Å². The van der Waals surface area contributed by atoms with Crippen LogP contribution in [0.25, 0.3) is 11.5 Å². The summed E-state index contributed by atoms with van der Waals surface area (Å²) in [6.07, 6.45) is 0. The fourth-order valence-corrected chi connectivity index (χ4v) is 2.26. The molecule has 0 unspecified atom stereocenters. The molecule has 0 bridgehead atoms. The van der Waals surface area contributed by atoms with Crippen molar-refractivity contribution >= 4 is 17.6 Å². The molecule has 0 saturated carbocycles. The zero-order valence-corrected chi connectivity index (χ0v) is 13.8. The molecule has 3 rings (SSSR count). The van der Waals surface area contributed by atoms with Crippen molar-refractivity contribution in [3.05, 3.63) is 65.0 Å². The van der Waals surface area contributed by atoms with Gasteiger partial charge in [0.15, 0.2) is 6.61 Å². The third kappa shape index (κ3) is 4.34. The molecule has 0 aliphatic carbocycles. The monoisotopic (exact) mass is 380 g/mol. The second kappa shape index (κ2) is 7.92. The van der Waals surface area contributed by atoms with Crippen molar-refractivity contribution in [3.63, 3.8) is 0 Å². The minimum absolute atomic E-state index is 0.0576. The van der Waals surface area contributed by atoms with Crippen molar-refractivity contribution in [3.8, 4) is 17.2 Å². The standard InChI is InChI=1S/C17H11ClF2N2O4/c18-13-4-2-1-3-12(13)15-22-21-14(26-15)9-24-16(23)10-5-7-11(8-6-10)25-17(19)20/h1-8,17H,9H2. The maximum atomic E-state index is 12.1. The van der Waals surface area contributed by atoms with E-state index in [1.165, 1.54) is 24.3 Å². The molecule has 0 aliphatic heterocycles. The molecule has 1 heterocycles. The first-order valence-corrected chi connectivity index (χ1v) is 7.70. The van der Waals surface area contributed by atoms with Crippen LogP contribution in [0.2, 0.25) is 5.02 Å². The van der Waals surface area contributed by atoms with Gasteiger partial charge in [0.2, 0.25) is 5.89 Å². The van der Waals surface area contributed by atoms with E-state index in [1.54, 1.807) is 24.3 Å². The number of hydrogen-bond donors (Lipinski definition) is 0. The highest BCUT2D eigenvalue weighted by Gasteiger charge is 2.14. The number of alkyl halides is 2. The van der Waals surface area contributed by atoms with Gasteiger partial charge < -0.3 is 13.9 Å². The fourth-order valence-electron chi connectivity index (χ4n) is 2.04. The molecular formula is C17H11ClF2N2O4. The summed E-state index contributed by atoms with van der Waals surface area (Å²) in [4.78, 5) is 12.0. The number of carbonyl (C=O) groups excluding carboxylic acids is 1. The summed E-state index contributed by atoms with van der Waals surface area (Å²) in [5, 5.41) is 8.10. The molecule has 6 nitrogen and oxygen atoms in total. The number of aromatic nitrogens is 2. The predicted molar refractivity (Wildman–Crippen MR) is 86.9 cm³/mol. The lowest BCUT2D eigenvalue weighted by molar-refractivity contribution is -0.0498. The highest BCUT2D eigenvalue weighted by atomic mass is 35.5. The summed E-state index contributed by atoms with van der Waals surface area (Å²) in [5.41, 5.74) is 0.728. The number of rotatable bonds is 6. The van der Waals surface area contributed by atoms with Crippen molar-refractivity contribution in [2.24, 2.45) is 0 Å². The Kier molecular flexibility index (Phi) is 5.43. The maximum absolute atomic E-state index is 12.1. The summed E-state index contributed by atoms with van der Waals surface area (Å²) in [5.74, 6) is -0.440. The van der Waals surface area contributed by atoms with Gasteiger partial charge in [0.05, 0.1) is 16.1 Å². The quantitative estimate of drug-likeness (QED) is 0.592. The molecule has 0 amide bonds. The minimum Gasteiger partial charge on any atom is -0.452 e. The molecule has 134 valence electrons. The lowest BCUT2D eigenvalue weighted by atomic mass is 10.2. The smallest absolute Gasteiger partial charge is 0.387 e. The summed E-state index contributed by atoms with van der Waals surface area (Å²) in [6.45, 7) is -3.18. The SMILES string of the molecule is O=C(OCc1nnc(-c2ccccc2Cl)o1)c1ccc(OC(F)F)cc1. The Morgan fingerprint density at radius 3 is 2.54 bits per heavy atom. The number of esters is 1. The van der Waals surface area contributed by atoms with Gasteiger partial charge in [-0.2, -0.15) is 8.78 Å². The summed E-state index contributed by atoms with van der Waals surface area (Å²) >= 11 is 6.05. The lowest BCUT2D eigenvalue weighted by Crippen LogP contribution is -2.06. The van der Waals surface area contributed by atoms with E-state index in [0.29, 0.717) is 10.6 Å². The van der Waals surface area contributed by atoms with Gasteiger partial charge in [0.1, 0.15) is 5.75 Å². The molecule has 1 aromatic heterocycles. The van der Waals surface area contributed by atoms with Crippen molar-refractivity contribution in [2.45, 2.75) is 13.2 Å². The van der Waals surface area contributed by atoms with E-state index in [2.05, 4.69) is 14.9 Å². The summed E-state index contributed by atoms with van der Waals surface area (Å²) < 4.78 is 38.9. The molecule has 3 aromatic rings. The Balaban J connectivity index is 1.61. The third-order valence-electron chi connectivity index (χ3n) is 3.21. The van der Waals surface area contributed by atoms with Crippen molar-refractivity contribution in [1.82, 2.24) is 10.2 Å². The first-order chi connectivity index (χ1) is 12.5. The van der Waals surface area contributed by atoms with Crippen LogP contribution >= 0.6 is 11.6 Å². The Hall–Kier alpha value is -3.00. The van der Waals surface area contributed by atoms with Gasteiger partial charge in [-0.1, -0.05) is 23.7 Å². The molecule has 0 N–H and O–H groups in total. The van der Waals surface area contributed by atoms with E-state index < -0.39 is 12.6 Å². The van der Waals surface area contributed by atoms with Gasteiger partial charge >= 0.3 is 12.6 Å². The highest BCUT2D eigenvalue weighted by molar-refractivity contribution is 6.33. The summed E-state index contributed by atoms with van der Waals surface area (Å²) in [7, 11) is 0. The van der Waals surface area contributed by atoms with Crippen LogP contribution in [0.1, 0.15) is 16.2 Å². The van der Waals surface area contributed by atoms with E-state index in [9.17, 15) is 13.6 Å². The Labute approximate surface area is 151 Å². The Morgan fingerprint density at radius 1 is 1.12 bits per heavy atom. The van der Waals surface area contributed by atoms with Gasteiger partial charge in [-0.25, -0.2) is 4.79 Å². The van der Waals surface area contributed by atoms with Crippen LogP contribution in [-0.2, 0) is 11.3 Å². The molecule has 26 heavy (non-hydrogen) atoms. The maximum Gasteiger partial charge on any atom is 0.387 e. The average molecular weight is 381 g/mol. The molecule has 0 aliphatic rings. The van der Waals surface area contributed by atoms with E-state index in [0.717, 1.165) is 0 Å². The molecular weight excluding hydrogens is 370 g/mol. The van der Waals surface area contributed by atoms with Gasteiger partial charge in [0, 0.05) is 0 Å². The second-order valence-corrected chi connectivity index (χ2v) is 5.37. The van der Waals surface area contributed by atoms with Crippen molar-refractivity contribution in [2.75, 3.05) is 0 Å². The average Bonchev–Trinajstić information content (AvgIpc) is 3.09. The first-order valence-electron chi connectivity index (χ1n) is 7.32. The zero-order valence-electron chi connectivity index (χ0n) is 13.1. The van der Waals surface area contributed by atoms with Crippen molar-refractivity contribution < 1.29 is 27.5 Å². The van der Waals surface area contributed by atoms with Gasteiger partial charge in [0.25, 0.3) is 5.89 Å². The van der Waals surface area contributed by atoms with Crippen LogP contribution in [0.5, 0.6) is 5.75 Å². The van der Waals surface area contributed by atoms with Crippen LogP contribution in [0.15, 0.2) is 52.9 Å². The molecule has 0 radical (unpaired) electrons. The van der Waals surface area contributed by atoms with Gasteiger partial charge in [-0.15, -0.1) is 10.2 Å². The molecule has 0 fully saturated rings. The van der Waals surface area contributed by atoms with E-state index >= 15 is 0 Å². The normalized spacial score (nSPS) is 10.8. The topological polar surface area (TPSA) is 74.5 Å². The third-order valence-corrected chi connectivity index (χ3v) is 3.54. The fraction of sp³-hybridized carbons (Fsp3) is 0.118. The van der Waals surface area contributed by atoms with Crippen molar-refractivity contribution in [1.29, 1.82) is 0 Å². The van der Waals surface area contributed by atoms with Gasteiger partial charge in [-0.05, 0) is 36.4 Å². The van der Waals surface area contributed by atoms with E-state index in [-0.39, 0.29) is 29.7 Å². The number of benzene rings is 2. The summed E-state index contributed by atoms with van der Waals surface area (Å²) in [6, 6.07) is 12.0. The van der Waals surface area contributed by atoms with Crippen LogP contribution in [0, 0.1) is 0 Å². The molecule has 9 heteroatoms. The Morgan fingerprint density at radius 2 is 1.85 bits per heavy atom. The molecule has 0 atom stereocenters. The minimum atomic E-state index is -2.93.